The molecule has 1 aliphatic carbocycles. The van der Waals surface area contributed by atoms with Crippen LogP contribution in [-0.2, 0) is 17.6 Å². The van der Waals surface area contributed by atoms with Crippen molar-refractivity contribution in [2.75, 3.05) is 33.4 Å². The van der Waals surface area contributed by atoms with Crippen molar-refractivity contribution >= 4 is 41.3 Å². The number of nitrogens with one attached hydrogen (secondary N) is 2. The predicted molar refractivity (Wildman–Crippen MR) is 127 cm³/mol. The Morgan fingerprint density at radius 1 is 1.21 bits per heavy atom. The molecule has 28 heavy (non-hydrogen) atoms. The van der Waals surface area contributed by atoms with Gasteiger partial charge in [-0.15, -0.1) is 35.3 Å². The minimum atomic E-state index is 0. The monoisotopic (exact) mass is 517 g/mol. The second-order valence-corrected chi connectivity index (χ2v) is 8.31. The van der Waals surface area contributed by atoms with Crippen LogP contribution in [0.15, 0.2) is 45.3 Å². The van der Waals surface area contributed by atoms with Gasteiger partial charge in [-0.2, -0.15) is 0 Å². The molecule has 5 nitrogen and oxygen atoms in total. The Hall–Kier alpha value is -1.06. The van der Waals surface area contributed by atoms with E-state index >= 15 is 0 Å². The van der Waals surface area contributed by atoms with Crippen molar-refractivity contribution in [3.63, 3.8) is 0 Å². The van der Waals surface area contributed by atoms with Crippen molar-refractivity contribution in [2.45, 2.75) is 38.5 Å². The first kappa shape index (κ1) is 23.2. The van der Waals surface area contributed by atoms with E-state index in [-0.39, 0.29) is 24.0 Å². The number of methoxy groups -OCH3 is 1. The molecule has 0 radical (unpaired) electrons. The normalized spacial score (nSPS) is 15.5. The number of furan rings is 1. The third-order valence-corrected chi connectivity index (χ3v) is 6.25. The molecule has 0 atom stereocenters. The molecule has 0 spiro atoms. The van der Waals surface area contributed by atoms with Crippen molar-refractivity contribution in [1.82, 2.24) is 10.6 Å². The maximum atomic E-state index is 5.42. The number of guanidine groups is 1. The Bertz CT molecular complexity index is 628. The minimum Gasteiger partial charge on any atom is -0.469 e. The van der Waals surface area contributed by atoms with Crippen LogP contribution in [0, 0.1) is 5.41 Å². The zero-order valence-electron chi connectivity index (χ0n) is 16.6. The fourth-order valence-electron chi connectivity index (χ4n) is 3.42. The molecular formula is C21H32IN3O2S. The molecule has 2 N–H and O–H groups in total. The van der Waals surface area contributed by atoms with E-state index in [9.17, 15) is 0 Å². The lowest BCUT2D eigenvalue weighted by atomic mass is 9.67. The van der Waals surface area contributed by atoms with Gasteiger partial charge in [0.1, 0.15) is 5.76 Å². The summed E-state index contributed by atoms with van der Waals surface area (Å²) in [5, 5.41) is 9.09. The largest absolute Gasteiger partial charge is 0.469 e. The number of thiophene rings is 1. The Labute approximate surface area is 189 Å². The lowest BCUT2D eigenvalue weighted by molar-refractivity contribution is 0.0778. The molecule has 2 aromatic rings. The first-order valence-electron chi connectivity index (χ1n) is 9.86. The summed E-state index contributed by atoms with van der Waals surface area (Å²) in [6, 6.07) is 8.23. The highest BCUT2D eigenvalue weighted by Crippen LogP contribution is 2.44. The van der Waals surface area contributed by atoms with Gasteiger partial charge in [0.2, 0.25) is 0 Å². The first-order chi connectivity index (χ1) is 13.3. The van der Waals surface area contributed by atoms with Crippen LogP contribution in [0.5, 0.6) is 0 Å². The molecule has 0 aromatic carbocycles. The van der Waals surface area contributed by atoms with E-state index in [2.05, 4.69) is 28.1 Å². The molecule has 0 aliphatic heterocycles. The van der Waals surface area contributed by atoms with Crippen LogP contribution < -0.4 is 10.6 Å². The van der Waals surface area contributed by atoms with Gasteiger partial charge in [-0.3, -0.25) is 4.99 Å². The molecule has 0 bridgehead atoms. The molecule has 0 unspecified atom stereocenters. The maximum Gasteiger partial charge on any atom is 0.191 e. The summed E-state index contributed by atoms with van der Waals surface area (Å²) < 4.78 is 10.7. The molecule has 0 amide bonds. The number of nitrogens with zero attached hydrogens (tertiary/aromatic N) is 1. The van der Waals surface area contributed by atoms with Crippen LogP contribution in [0.4, 0.5) is 0 Å². The van der Waals surface area contributed by atoms with Crippen LogP contribution in [0.3, 0.4) is 0 Å². The van der Waals surface area contributed by atoms with Crippen molar-refractivity contribution in [1.29, 1.82) is 0 Å². The van der Waals surface area contributed by atoms with Gasteiger partial charge in [-0.1, -0.05) is 12.5 Å². The fraction of sp³-hybridized carbons (Fsp3) is 0.571. The van der Waals surface area contributed by atoms with Gasteiger partial charge in [-0.25, -0.2) is 0 Å². The average Bonchev–Trinajstić information content (AvgIpc) is 3.34. The molecule has 0 saturated heterocycles. The second kappa shape index (κ2) is 12.5. The summed E-state index contributed by atoms with van der Waals surface area (Å²) in [6.07, 6.45) is 8.52. The number of aliphatic imine (C=N–C) groups is 1. The number of hydrogen-bond donors (Lipinski definition) is 2. The lowest BCUT2D eigenvalue weighted by Crippen LogP contribution is -2.41. The van der Waals surface area contributed by atoms with Gasteiger partial charge < -0.3 is 19.8 Å². The van der Waals surface area contributed by atoms with Crippen molar-refractivity contribution < 1.29 is 9.15 Å². The van der Waals surface area contributed by atoms with Crippen molar-refractivity contribution in [2.24, 2.45) is 10.4 Å². The third-order valence-electron chi connectivity index (χ3n) is 5.31. The maximum absolute atomic E-state index is 5.42. The summed E-state index contributed by atoms with van der Waals surface area (Å²) >= 11 is 1.80. The fourth-order valence-corrected chi connectivity index (χ4v) is 4.13. The van der Waals surface area contributed by atoms with E-state index in [0.29, 0.717) is 5.41 Å². The standard InChI is InChI=1S/C21H31N3O2S.HI/c1-25-15-11-21(9-4-10-21)17-24-20(22-12-7-18-5-2-14-26-18)23-13-8-19-6-3-16-27-19;/h2-3,5-6,14,16H,4,7-13,15,17H2,1H3,(H2,22,23,24);1H. The summed E-state index contributed by atoms with van der Waals surface area (Å²) in [6.45, 7) is 3.38. The molecule has 1 fully saturated rings. The van der Waals surface area contributed by atoms with E-state index in [1.54, 1.807) is 24.7 Å². The molecule has 3 rings (SSSR count). The van der Waals surface area contributed by atoms with E-state index in [0.717, 1.165) is 57.2 Å². The second-order valence-electron chi connectivity index (χ2n) is 7.27. The SMILES string of the molecule is COCCC1(CN=C(NCCc2ccco2)NCCc2cccs2)CCC1.I. The van der Waals surface area contributed by atoms with Crippen LogP contribution in [-0.4, -0.2) is 39.3 Å². The number of rotatable bonds is 11. The Kier molecular flexibility index (Phi) is 10.4. The molecule has 2 aromatic heterocycles. The highest BCUT2D eigenvalue weighted by molar-refractivity contribution is 14.0. The quantitative estimate of drug-likeness (QED) is 0.262. The first-order valence-corrected chi connectivity index (χ1v) is 10.7. The van der Waals surface area contributed by atoms with Gasteiger partial charge in [0.15, 0.2) is 5.96 Å². The smallest absolute Gasteiger partial charge is 0.191 e. The van der Waals surface area contributed by atoms with E-state index < -0.39 is 0 Å². The predicted octanol–water partition coefficient (Wildman–Crippen LogP) is 4.49. The van der Waals surface area contributed by atoms with Crippen LogP contribution in [0.2, 0.25) is 0 Å². The average molecular weight is 517 g/mol. The zero-order chi connectivity index (χ0) is 18.8. The van der Waals surface area contributed by atoms with Crippen LogP contribution in [0.1, 0.15) is 36.3 Å². The molecule has 1 aliphatic rings. The molecule has 7 heteroatoms. The van der Waals surface area contributed by atoms with Crippen molar-refractivity contribution in [3.05, 3.63) is 46.5 Å². The summed E-state index contributed by atoms with van der Waals surface area (Å²) in [5.41, 5.74) is 0.333. The van der Waals surface area contributed by atoms with Crippen molar-refractivity contribution in [3.8, 4) is 0 Å². The molecular weight excluding hydrogens is 485 g/mol. The van der Waals surface area contributed by atoms with Gasteiger partial charge in [0, 0.05) is 44.6 Å². The van der Waals surface area contributed by atoms with Crippen LogP contribution in [0.25, 0.3) is 0 Å². The highest BCUT2D eigenvalue weighted by Gasteiger charge is 2.36. The number of hydrogen-bond acceptors (Lipinski definition) is 4. The van der Waals surface area contributed by atoms with E-state index in [4.69, 9.17) is 14.1 Å². The summed E-state index contributed by atoms with van der Waals surface area (Å²) in [4.78, 5) is 6.32. The Morgan fingerprint density at radius 3 is 2.64 bits per heavy atom. The zero-order valence-corrected chi connectivity index (χ0v) is 19.8. The molecule has 2 heterocycles. The number of ether oxygens (including phenoxy) is 1. The van der Waals surface area contributed by atoms with Gasteiger partial charge in [0.25, 0.3) is 0 Å². The third kappa shape index (κ3) is 7.40. The van der Waals surface area contributed by atoms with E-state index in [1.807, 2.05) is 12.1 Å². The topological polar surface area (TPSA) is 58.8 Å². The summed E-state index contributed by atoms with van der Waals surface area (Å²) in [5.74, 6) is 1.90. The Balaban J connectivity index is 0.00000280. The number of halogens is 1. The van der Waals surface area contributed by atoms with Crippen LogP contribution >= 0.6 is 35.3 Å². The van der Waals surface area contributed by atoms with Gasteiger partial charge in [-0.05, 0) is 54.7 Å². The lowest BCUT2D eigenvalue weighted by Gasteiger charge is -2.40. The molecule has 156 valence electrons. The summed E-state index contributed by atoms with van der Waals surface area (Å²) in [7, 11) is 1.78. The highest BCUT2D eigenvalue weighted by atomic mass is 127. The van der Waals surface area contributed by atoms with E-state index in [1.165, 1.54) is 24.1 Å². The molecule has 1 saturated carbocycles. The van der Waals surface area contributed by atoms with Gasteiger partial charge in [0.05, 0.1) is 6.26 Å². The minimum absolute atomic E-state index is 0. The van der Waals surface area contributed by atoms with Gasteiger partial charge >= 0.3 is 0 Å². The Morgan fingerprint density at radius 2 is 2.04 bits per heavy atom.